The van der Waals surface area contributed by atoms with Gasteiger partial charge in [-0.15, -0.1) is 0 Å². The van der Waals surface area contributed by atoms with Gasteiger partial charge < -0.3 is 10.6 Å². The van der Waals surface area contributed by atoms with Crippen LogP contribution in [-0.2, 0) is 6.54 Å². The van der Waals surface area contributed by atoms with Gasteiger partial charge in [0.25, 0.3) is 11.6 Å². The van der Waals surface area contributed by atoms with Crippen molar-refractivity contribution in [2.75, 3.05) is 12.8 Å². The Hall–Kier alpha value is -2.97. The molecule has 0 saturated heterocycles. The third-order valence-electron chi connectivity index (χ3n) is 2.65. The zero-order valence-corrected chi connectivity index (χ0v) is 10.6. The van der Waals surface area contributed by atoms with Crippen LogP contribution in [0.15, 0.2) is 24.7 Å². The summed E-state index contributed by atoms with van der Waals surface area (Å²) in [4.78, 5) is 27.5. The molecule has 2 heterocycles. The van der Waals surface area contributed by atoms with Crippen LogP contribution in [-0.4, -0.2) is 38.0 Å². The van der Waals surface area contributed by atoms with Crippen molar-refractivity contribution >= 4 is 17.4 Å². The van der Waals surface area contributed by atoms with Crippen molar-refractivity contribution in [3.05, 3.63) is 45.9 Å². The minimum Gasteiger partial charge on any atom is -0.384 e. The highest BCUT2D eigenvalue weighted by Gasteiger charge is 2.24. The topological polar surface area (TPSA) is 131 Å². The largest absolute Gasteiger partial charge is 0.384 e. The van der Waals surface area contributed by atoms with E-state index in [1.54, 1.807) is 12.4 Å². The molecule has 0 aliphatic carbocycles. The van der Waals surface area contributed by atoms with E-state index in [0.717, 1.165) is 11.8 Å². The second-order valence-electron chi connectivity index (χ2n) is 4.15. The van der Waals surface area contributed by atoms with Crippen LogP contribution in [0.1, 0.15) is 15.9 Å². The van der Waals surface area contributed by atoms with Crippen molar-refractivity contribution < 1.29 is 9.72 Å². The van der Waals surface area contributed by atoms with E-state index in [2.05, 4.69) is 15.2 Å². The van der Waals surface area contributed by atoms with E-state index in [0.29, 0.717) is 0 Å². The van der Waals surface area contributed by atoms with Crippen LogP contribution in [0.2, 0.25) is 0 Å². The molecule has 0 bridgehead atoms. The van der Waals surface area contributed by atoms with Gasteiger partial charge in [0.05, 0.1) is 11.1 Å². The highest BCUT2D eigenvalue weighted by atomic mass is 16.6. The second-order valence-corrected chi connectivity index (χ2v) is 4.15. The molecule has 2 aromatic rings. The maximum absolute atomic E-state index is 12.3. The van der Waals surface area contributed by atoms with E-state index in [9.17, 15) is 14.9 Å². The lowest BCUT2D eigenvalue weighted by molar-refractivity contribution is -0.385. The molecule has 1 amide bonds. The Morgan fingerprint density at radius 1 is 1.55 bits per heavy atom. The summed E-state index contributed by atoms with van der Waals surface area (Å²) in [5.74, 6) is -0.456. The van der Waals surface area contributed by atoms with Crippen molar-refractivity contribution in [1.29, 1.82) is 0 Å². The van der Waals surface area contributed by atoms with Gasteiger partial charge in [-0.05, 0) is 6.07 Å². The number of hydrogen-bond donors (Lipinski definition) is 2. The maximum atomic E-state index is 12.3. The number of pyridine rings is 1. The van der Waals surface area contributed by atoms with Crippen molar-refractivity contribution in [3.8, 4) is 0 Å². The first-order valence-corrected chi connectivity index (χ1v) is 5.62. The lowest BCUT2D eigenvalue weighted by Gasteiger charge is -2.16. The molecule has 0 saturated carbocycles. The predicted molar refractivity (Wildman–Crippen MR) is 69.7 cm³/mol. The standard InChI is InChI=1S/C11H12N6O3/c1-16(6-7-3-14-15-4-7)11(18)8-2-10(12)13-5-9(8)17(19)20/h2-5H,6H2,1H3,(H2,12,13)(H,14,15). The summed E-state index contributed by atoms with van der Waals surface area (Å²) in [5.41, 5.74) is 5.80. The number of rotatable bonds is 4. The van der Waals surface area contributed by atoms with Crippen LogP contribution >= 0.6 is 0 Å². The molecule has 0 aliphatic rings. The number of carbonyl (C=O) groups excluding carboxylic acids is 1. The molecule has 0 aliphatic heterocycles. The number of H-pyrrole nitrogens is 1. The summed E-state index contributed by atoms with van der Waals surface area (Å²) in [6, 6.07) is 1.20. The number of aromatic nitrogens is 3. The molecule has 0 aromatic carbocycles. The number of nitrogens with two attached hydrogens (primary N) is 1. The van der Waals surface area contributed by atoms with Gasteiger partial charge in [0.15, 0.2) is 0 Å². The number of nitrogens with zero attached hydrogens (tertiary/aromatic N) is 4. The fraction of sp³-hybridized carbons (Fsp3) is 0.182. The Morgan fingerprint density at radius 3 is 2.90 bits per heavy atom. The smallest absolute Gasteiger partial charge is 0.300 e. The summed E-state index contributed by atoms with van der Waals surface area (Å²) in [7, 11) is 1.54. The molecule has 0 radical (unpaired) electrons. The lowest BCUT2D eigenvalue weighted by Crippen LogP contribution is -2.27. The van der Waals surface area contributed by atoms with Crippen LogP contribution in [0.25, 0.3) is 0 Å². The molecular formula is C11H12N6O3. The van der Waals surface area contributed by atoms with Gasteiger partial charge in [0, 0.05) is 25.4 Å². The van der Waals surface area contributed by atoms with Gasteiger partial charge in [-0.1, -0.05) is 0 Å². The molecule has 0 fully saturated rings. The molecule has 2 aromatic heterocycles. The van der Waals surface area contributed by atoms with Gasteiger partial charge in [-0.2, -0.15) is 5.10 Å². The minimum atomic E-state index is -0.661. The molecule has 104 valence electrons. The molecule has 20 heavy (non-hydrogen) atoms. The fourth-order valence-corrected chi connectivity index (χ4v) is 1.70. The van der Waals surface area contributed by atoms with Gasteiger partial charge >= 0.3 is 0 Å². The number of carbonyl (C=O) groups is 1. The summed E-state index contributed by atoms with van der Waals surface area (Å²) in [6.07, 6.45) is 4.19. The van der Waals surface area contributed by atoms with Crippen LogP contribution in [0.3, 0.4) is 0 Å². The van der Waals surface area contributed by atoms with E-state index in [1.165, 1.54) is 18.0 Å². The molecule has 0 unspecified atom stereocenters. The second kappa shape index (κ2) is 5.34. The number of amides is 1. The van der Waals surface area contributed by atoms with Crippen LogP contribution in [0, 0.1) is 10.1 Å². The highest BCUT2D eigenvalue weighted by Crippen LogP contribution is 2.21. The number of nitrogens with one attached hydrogen (secondary N) is 1. The average Bonchev–Trinajstić information content (AvgIpc) is 2.90. The quantitative estimate of drug-likeness (QED) is 0.619. The molecule has 9 heteroatoms. The normalized spacial score (nSPS) is 10.2. The zero-order chi connectivity index (χ0) is 14.7. The Balaban J connectivity index is 2.28. The van der Waals surface area contributed by atoms with E-state index >= 15 is 0 Å². The van der Waals surface area contributed by atoms with E-state index in [1.807, 2.05) is 0 Å². The molecular weight excluding hydrogens is 264 g/mol. The number of aromatic amines is 1. The minimum absolute atomic E-state index is 0.0515. The maximum Gasteiger partial charge on any atom is 0.300 e. The monoisotopic (exact) mass is 276 g/mol. The van der Waals surface area contributed by atoms with Gasteiger partial charge in [0.1, 0.15) is 17.6 Å². The third kappa shape index (κ3) is 2.71. The lowest BCUT2D eigenvalue weighted by atomic mass is 10.2. The zero-order valence-electron chi connectivity index (χ0n) is 10.6. The molecule has 3 N–H and O–H groups in total. The molecule has 0 atom stereocenters. The summed E-state index contributed by atoms with van der Waals surface area (Å²) in [6.45, 7) is 0.273. The molecule has 0 spiro atoms. The Bertz CT molecular complexity index is 640. The summed E-state index contributed by atoms with van der Waals surface area (Å²) < 4.78 is 0. The predicted octanol–water partition coefficient (Wildman–Crippen LogP) is 0.567. The van der Waals surface area contributed by atoms with Crippen LogP contribution < -0.4 is 5.73 Å². The van der Waals surface area contributed by atoms with Crippen molar-refractivity contribution in [3.63, 3.8) is 0 Å². The van der Waals surface area contributed by atoms with Gasteiger partial charge in [-0.3, -0.25) is 20.0 Å². The van der Waals surface area contributed by atoms with Crippen LogP contribution in [0.4, 0.5) is 11.5 Å². The molecule has 2 rings (SSSR count). The average molecular weight is 276 g/mol. The first kappa shape index (κ1) is 13.5. The van der Waals surface area contributed by atoms with Crippen LogP contribution in [0.5, 0.6) is 0 Å². The fourth-order valence-electron chi connectivity index (χ4n) is 1.70. The number of nitro groups is 1. The van der Waals surface area contributed by atoms with Crippen molar-refractivity contribution in [2.45, 2.75) is 6.54 Å². The van der Waals surface area contributed by atoms with E-state index in [4.69, 9.17) is 5.73 Å². The van der Waals surface area contributed by atoms with Gasteiger partial charge in [-0.25, -0.2) is 4.98 Å². The SMILES string of the molecule is CN(Cc1cn[nH]c1)C(=O)c1cc(N)ncc1[N+](=O)[O-]. The Labute approximate surface area is 113 Å². The number of nitrogen functional groups attached to an aromatic ring is 1. The third-order valence-corrected chi connectivity index (χ3v) is 2.65. The van der Waals surface area contributed by atoms with Gasteiger partial charge in [0.2, 0.25) is 0 Å². The first-order valence-electron chi connectivity index (χ1n) is 5.62. The highest BCUT2D eigenvalue weighted by molar-refractivity contribution is 5.98. The Morgan fingerprint density at radius 2 is 2.30 bits per heavy atom. The summed E-state index contributed by atoms with van der Waals surface area (Å²) in [5, 5.41) is 17.3. The Kier molecular flexibility index (Phi) is 3.60. The summed E-state index contributed by atoms with van der Waals surface area (Å²) >= 11 is 0. The van der Waals surface area contributed by atoms with Crippen molar-refractivity contribution in [2.24, 2.45) is 0 Å². The number of hydrogen-bond acceptors (Lipinski definition) is 6. The molecule has 9 nitrogen and oxygen atoms in total. The van der Waals surface area contributed by atoms with E-state index in [-0.39, 0.29) is 23.6 Å². The van der Waals surface area contributed by atoms with Crippen molar-refractivity contribution in [1.82, 2.24) is 20.1 Å². The first-order chi connectivity index (χ1) is 9.49. The number of anilines is 1. The van der Waals surface area contributed by atoms with E-state index < -0.39 is 10.8 Å².